The molecule has 1 aliphatic rings. The molecule has 2 aromatic carbocycles. The van der Waals surface area contributed by atoms with Crippen LogP contribution in [0.5, 0.6) is 0 Å². The molecule has 0 fully saturated rings. The second-order valence-corrected chi connectivity index (χ2v) is 6.70. The number of benzene rings is 2. The van der Waals surface area contributed by atoms with Gasteiger partial charge in [-0.1, -0.05) is 42.0 Å². The first-order chi connectivity index (χ1) is 11.5. The zero-order valence-corrected chi connectivity index (χ0v) is 14.3. The van der Waals surface area contributed by atoms with Gasteiger partial charge in [-0.05, 0) is 30.2 Å². The highest BCUT2D eigenvalue weighted by Gasteiger charge is 2.39. The van der Waals surface area contributed by atoms with E-state index in [9.17, 15) is 13.6 Å². The molecule has 24 heavy (non-hydrogen) atoms. The van der Waals surface area contributed by atoms with Crippen molar-refractivity contribution < 1.29 is 18.3 Å². The molecule has 0 aliphatic heterocycles. The maximum absolute atomic E-state index is 12.0. The monoisotopic (exact) mass is 344 g/mol. The van der Waals surface area contributed by atoms with Crippen molar-refractivity contribution in [3.05, 3.63) is 65.2 Å². The van der Waals surface area contributed by atoms with Crippen molar-refractivity contribution in [2.75, 3.05) is 4.31 Å². The highest BCUT2D eigenvalue weighted by Crippen LogP contribution is 2.40. The van der Waals surface area contributed by atoms with E-state index >= 15 is 0 Å². The summed E-state index contributed by atoms with van der Waals surface area (Å²) >= 11 is -2.50. The van der Waals surface area contributed by atoms with Gasteiger partial charge in [-0.15, -0.1) is 0 Å². The molecule has 0 aromatic heterocycles. The molecule has 0 radical (unpaired) electrons. The number of hydrogen-bond donors (Lipinski definition) is 0. The number of fused-ring (bicyclic) bond motifs is 1. The fourth-order valence-electron chi connectivity index (χ4n) is 3.16. The highest BCUT2D eigenvalue weighted by molar-refractivity contribution is 7.80. The second-order valence-electron chi connectivity index (χ2n) is 5.87. The SMILES string of the molecule is CC(=O)OC1Cc2ccccc2C1N(c1ccc(C)cc1)S(=O)[O-]. The zero-order chi connectivity index (χ0) is 17.3. The molecule has 1 aliphatic carbocycles. The van der Waals surface area contributed by atoms with Crippen molar-refractivity contribution in [3.8, 4) is 0 Å². The highest BCUT2D eigenvalue weighted by atomic mass is 32.2. The summed E-state index contributed by atoms with van der Waals surface area (Å²) in [4.78, 5) is 11.5. The predicted octanol–water partition coefficient (Wildman–Crippen LogP) is 2.82. The van der Waals surface area contributed by atoms with Crippen LogP contribution in [0.3, 0.4) is 0 Å². The van der Waals surface area contributed by atoms with Crippen LogP contribution in [0, 0.1) is 6.92 Å². The van der Waals surface area contributed by atoms with Gasteiger partial charge >= 0.3 is 5.97 Å². The van der Waals surface area contributed by atoms with Crippen LogP contribution in [-0.4, -0.2) is 20.8 Å². The molecule has 0 spiro atoms. The van der Waals surface area contributed by atoms with Gasteiger partial charge in [0, 0.05) is 30.3 Å². The maximum Gasteiger partial charge on any atom is 0.303 e. The Kier molecular flexibility index (Phi) is 4.69. The molecule has 3 unspecified atom stereocenters. The number of hydrogen-bond acceptors (Lipinski definition) is 4. The Morgan fingerprint density at radius 1 is 1.21 bits per heavy atom. The van der Waals surface area contributed by atoms with Crippen LogP contribution in [0.2, 0.25) is 0 Å². The van der Waals surface area contributed by atoms with E-state index in [0.29, 0.717) is 12.1 Å². The second kappa shape index (κ2) is 6.75. The molecule has 0 saturated carbocycles. The summed E-state index contributed by atoms with van der Waals surface area (Å²) in [5, 5.41) is 0. The van der Waals surface area contributed by atoms with Gasteiger partial charge in [0.1, 0.15) is 12.1 Å². The van der Waals surface area contributed by atoms with E-state index in [2.05, 4.69) is 0 Å². The average Bonchev–Trinajstić information content (AvgIpc) is 2.87. The molecule has 0 bridgehead atoms. The zero-order valence-electron chi connectivity index (χ0n) is 13.5. The Morgan fingerprint density at radius 2 is 1.88 bits per heavy atom. The fourth-order valence-corrected chi connectivity index (χ4v) is 3.89. The smallest absolute Gasteiger partial charge is 0.303 e. The number of rotatable bonds is 4. The average molecular weight is 344 g/mol. The van der Waals surface area contributed by atoms with Crippen LogP contribution in [0.15, 0.2) is 48.5 Å². The summed E-state index contributed by atoms with van der Waals surface area (Å²) in [6.07, 6.45) is -0.0425. The minimum atomic E-state index is -2.50. The number of ether oxygens (including phenoxy) is 1. The van der Waals surface area contributed by atoms with Gasteiger partial charge in [0.25, 0.3) is 0 Å². The summed E-state index contributed by atoms with van der Waals surface area (Å²) in [5.74, 6) is -0.418. The van der Waals surface area contributed by atoms with Gasteiger partial charge in [0.15, 0.2) is 0 Å². The third-order valence-corrected chi connectivity index (χ3v) is 4.93. The van der Waals surface area contributed by atoms with E-state index in [4.69, 9.17) is 4.74 Å². The largest absolute Gasteiger partial charge is 0.755 e. The molecule has 0 amide bonds. The van der Waals surface area contributed by atoms with E-state index in [1.165, 1.54) is 11.2 Å². The van der Waals surface area contributed by atoms with Gasteiger partial charge in [0.05, 0.1) is 0 Å². The number of aryl methyl sites for hydroxylation is 1. The van der Waals surface area contributed by atoms with Gasteiger partial charge in [-0.25, -0.2) is 0 Å². The van der Waals surface area contributed by atoms with E-state index < -0.39 is 29.4 Å². The third-order valence-electron chi connectivity index (χ3n) is 4.17. The molecular weight excluding hydrogens is 326 g/mol. The topological polar surface area (TPSA) is 69.7 Å². The molecule has 0 heterocycles. The van der Waals surface area contributed by atoms with Crippen LogP contribution in [-0.2, 0) is 27.2 Å². The quantitative estimate of drug-likeness (QED) is 0.632. The van der Waals surface area contributed by atoms with Crippen LogP contribution < -0.4 is 4.31 Å². The Balaban J connectivity index is 2.07. The maximum atomic E-state index is 12.0. The fraction of sp³-hybridized carbons (Fsp3) is 0.278. The molecule has 5 nitrogen and oxygen atoms in total. The van der Waals surface area contributed by atoms with Gasteiger partial charge in [0.2, 0.25) is 0 Å². The van der Waals surface area contributed by atoms with Crippen molar-refractivity contribution in [1.82, 2.24) is 0 Å². The predicted molar refractivity (Wildman–Crippen MR) is 91.0 cm³/mol. The molecular formula is C18H18NO4S-. The summed E-state index contributed by atoms with van der Waals surface area (Å²) in [6.45, 7) is 3.28. The Hall–Kier alpha value is -2.18. The lowest BCUT2D eigenvalue weighted by Crippen LogP contribution is -2.37. The van der Waals surface area contributed by atoms with Crippen molar-refractivity contribution in [3.63, 3.8) is 0 Å². The third kappa shape index (κ3) is 3.20. The van der Waals surface area contributed by atoms with Crippen molar-refractivity contribution in [2.24, 2.45) is 0 Å². The van der Waals surface area contributed by atoms with E-state index in [0.717, 1.165) is 16.7 Å². The van der Waals surface area contributed by atoms with Crippen LogP contribution in [0.4, 0.5) is 5.69 Å². The first kappa shape index (κ1) is 16.7. The van der Waals surface area contributed by atoms with E-state index in [1.807, 2.05) is 43.3 Å². The summed E-state index contributed by atoms with van der Waals surface area (Å²) in [5.41, 5.74) is 3.45. The molecule has 2 aromatic rings. The number of carbonyl (C=O) groups excluding carboxylic acids is 1. The molecule has 0 saturated heterocycles. The Bertz CT molecular complexity index is 775. The molecule has 6 heteroatoms. The number of anilines is 1. The lowest BCUT2D eigenvalue weighted by Gasteiger charge is -2.35. The van der Waals surface area contributed by atoms with Crippen molar-refractivity contribution in [2.45, 2.75) is 32.4 Å². The number of nitrogens with zero attached hydrogens (tertiary/aromatic N) is 1. The van der Waals surface area contributed by atoms with Gasteiger partial charge < -0.3 is 9.29 Å². The summed E-state index contributed by atoms with van der Waals surface area (Å²) in [6, 6.07) is 14.3. The van der Waals surface area contributed by atoms with Crippen LogP contribution in [0.25, 0.3) is 0 Å². The lowest BCUT2D eigenvalue weighted by molar-refractivity contribution is -0.146. The van der Waals surface area contributed by atoms with Crippen LogP contribution >= 0.6 is 0 Å². The minimum Gasteiger partial charge on any atom is -0.755 e. The molecule has 3 atom stereocenters. The molecule has 3 rings (SSSR count). The first-order valence-corrected chi connectivity index (χ1v) is 8.71. The van der Waals surface area contributed by atoms with Gasteiger partial charge in [-0.2, -0.15) is 0 Å². The number of esters is 1. The Morgan fingerprint density at radius 3 is 2.50 bits per heavy atom. The van der Waals surface area contributed by atoms with E-state index in [1.54, 1.807) is 12.1 Å². The minimum absolute atomic E-state index is 0.418. The first-order valence-electron chi connectivity index (χ1n) is 7.67. The van der Waals surface area contributed by atoms with Gasteiger partial charge in [-0.3, -0.25) is 13.3 Å². The van der Waals surface area contributed by atoms with E-state index in [-0.39, 0.29) is 0 Å². The standard InChI is InChI=1S/C18H19NO4S/c1-12-7-9-15(10-8-12)19(24(21)22)18-16-6-4-3-5-14(16)11-17(18)23-13(2)20/h3-10,17-18H,11H2,1-2H3,(H,21,22)/p-1. The van der Waals surface area contributed by atoms with Crippen molar-refractivity contribution >= 4 is 22.9 Å². The molecule has 126 valence electrons. The normalized spacial score (nSPS) is 20.3. The van der Waals surface area contributed by atoms with Crippen molar-refractivity contribution in [1.29, 1.82) is 0 Å². The number of carbonyl (C=O) groups is 1. The van der Waals surface area contributed by atoms with Crippen LogP contribution in [0.1, 0.15) is 29.7 Å². The lowest BCUT2D eigenvalue weighted by atomic mass is 10.1. The summed E-state index contributed by atoms with van der Waals surface area (Å²) < 4.78 is 30.7. The summed E-state index contributed by atoms with van der Waals surface area (Å²) in [7, 11) is 0. The molecule has 0 N–H and O–H groups in total. The Labute approximate surface area is 143 Å².